The number of rotatable bonds is 5. The summed E-state index contributed by atoms with van der Waals surface area (Å²) in [7, 11) is 1.72. The molecule has 1 aliphatic carbocycles. The van der Waals surface area contributed by atoms with E-state index in [1.54, 1.807) is 24.2 Å². The van der Waals surface area contributed by atoms with Gasteiger partial charge in [0, 0.05) is 29.7 Å². The van der Waals surface area contributed by atoms with Crippen molar-refractivity contribution in [3.8, 4) is 0 Å². The maximum absolute atomic E-state index is 12.3. The van der Waals surface area contributed by atoms with E-state index in [0.29, 0.717) is 18.4 Å². The predicted octanol–water partition coefficient (Wildman–Crippen LogP) is 2.99. The zero-order valence-corrected chi connectivity index (χ0v) is 14.7. The molecular weight excluding hydrogens is 360 g/mol. The Morgan fingerprint density at radius 2 is 2.13 bits per heavy atom. The molecule has 0 saturated heterocycles. The summed E-state index contributed by atoms with van der Waals surface area (Å²) in [6.45, 7) is 2.63. The second kappa shape index (κ2) is 6.35. The molecule has 1 fully saturated rings. The average molecular weight is 379 g/mol. The number of hydrogen-bond donors (Lipinski definition) is 0. The van der Waals surface area contributed by atoms with Crippen LogP contribution in [0.3, 0.4) is 0 Å². The van der Waals surface area contributed by atoms with Crippen molar-refractivity contribution in [1.82, 2.24) is 9.47 Å². The quantitative estimate of drug-likeness (QED) is 0.803. The minimum atomic E-state index is -0.196. The van der Waals surface area contributed by atoms with Gasteiger partial charge in [0.15, 0.2) is 0 Å². The first-order chi connectivity index (χ1) is 10.9. The first-order valence-corrected chi connectivity index (χ1v) is 8.42. The van der Waals surface area contributed by atoms with E-state index < -0.39 is 0 Å². The van der Waals surface area contributed by atoms with E-state index in [9.17, 15) is 9.59 Å². The Balaban J connectivity index is 1.62. The predicted molar refractivity (Wildman–Crippen MR) is 90.1 cm³/mol. The zero-order chi connectivity index (χ0) is 16.6. The number of carbonyl (C=O) groups is 1. The SMILES string of the molecule is C[C@@H]1C[C@@H]1c1ccc(CN(C)C(=O)Cn2cc(Br)ccc2=O)o1. The van der Waals surface area contributed by atoms with Crippen molar-refractivity contribution in [1.29, 1.82) is 0 Å². The normalized spacial score (nSPS) is 19.6. The summed E-state index contributed by atoms with van der Waals surface area (Å²) in [5, 5.41) is 0. The Kier molecular flexibility index (Phi) is 4.43. The molecular formula is C17H19BrN2O3. The summed E-state index contributed by atoms with van der Waals surface area (Å²) in [5.41, 5.74) is -0.196. The third-order valence-electron chi connectivity index (χ3n) is 4.23. The maximum Gasteiger partial charge on any atom is 0.251 e. The van der Waals surface area contributed by atoms with Gasteiger partial charge in [0.05, 0.1) is 6.54 Å². The minimum Gasteiger partial charge on any atom is -0.464 e. The summed E-state index contributed by atoms with van der Waals surface area (Å²) < 4.78 is 7.98. The summed E-state index contributed by atoms with van der Waals surface area (Å²) >= 11 is 3.30. The van der Waals surface area contributed by atoms with Gasteiger partial charge in [-0.05, 0) is 46.5 Å². The topological polar surface area (TPSA) is 55.5 Å². The van der Waals surface area contributed by atoms with Crippen LogP contribution in [0.5, 0.6) is 0 Å². The molecule has 0 aromatic carbocycles. The highest BCUT2D eigenvalue weighted by molar-refractivity contribution is 9.10. The lowest BCUT2D eigenvalue weighted by atomic mass is 10.3. The van der Waals surface area contributed by atoms with E-state index in [1.165, 1.54) is 17.1 Å². The highest BCUT2D eigenvalue weighted by Crippen LogP contribution is 2.47. The fraction of sp³-hybridized carbons (Fsp3) is 0.412. The number of carbonyl (C=O) groups excluding carboxylic acids is 1. The molecule has 2 atom stereocenters. The number of furan rings is 1. The first-order valence-electron chi connectivity index (χ1n) is 7.62. The van der Waals surface area contributed by atoms with E-state index in [1.807, 2.05) is 12.1 Å². The lowest BCUT2D eigenvalue weighted by molar-refractivity contribution is -0.131. The van der Waals surface area contributed by atoms with Crippen LogP contribution in [-0.2, 0) is 17.9 Å². The number of aromatic nitrogens is 1. The summed E-state index contributed by atoms with van der Waals surface area (Å²) in [6, 6.07) is 7.03. The molecule has 23 heavy (non-hydrogen) atoms. The van der Waals surface area contributed by atoms with Crippen molar-refractivity contribution in [2.24, 2.45) is 5.92 Å². The molecule has 1 amide bonds. The minimum absolute atomic E-state index is 0.0159. The van der Waals surface area contributed by atoms with Gasteiger partial charge in [0.25, 0.3) is 5.56 Å². The van der Waals surface area contributed by atoms with Crippen LogP contribution in [0.1, 0.15) is 30.8 Å². The van der Waals surface area contributed by atoms with Crippen molar-refractivity contribution in [3.63, 3.8) is 0 Å². The molecule has 5 nitrogen and oxygen atoms in total. The molecule has 3 rings (SSSR count). The Morgan fingerprint density at radius 1 is 1.39 bits per heavy atom. The van der Waals surface area contributed by atoms with Gasteiger partial charge in [-0.15, -0.1) is 0 Å². The van der Waals surface area contributed by atoms with Crippen LogP contribution in [0, 0.1) is 5.92 Å². The third kappa shape index (κ3) is 3.75. The summed E-state index contributed by atoms with van der Waals surface area (Å²) in [5.74, 6) is 2.87. The van der Waals surface area contributed by atoms with Gasteiger partial charge >= 0.3 is 0 Å². The lowest BCUT2D eigenvalue weighted by Gasteiger charge is -2.16. The van der Waals surface area contributed by atoms with Gasteiger partial charge in [-0.1, -0.05) is 6.92 Å². The van der Waals surface area contributed by atoms with Crippen LogP contribution >= 0.6 is 15.9 Å². The first kappa shape index (κ1) is 16.1. The Hall–Kier alpha value is -1.82. The Labute approximate surface area is 143 Å². The van der Waals surface area contributed by atoms with Crippen molar-refractivity contribution >= 4 is 21.8 Å². The van der Waals surface area contributed by atoms with Gasteiger partial charge in [0.1, 0.15) is 18.1 Å². The lowest BCUT2D eigenvalue weighted by Crippen LogP contribution is -2.33. The average Bonchev–Trinajstić information content (AvgIpc) is 3.05. The molecule has 0 bridgehead atoms. The van der Waals surface area contributed by atoms with Gasteiger partial charge in [0.2, 0.25) is 5.91 Å². The third-order valence-corrected chi connectivity index (χ3v) is 4.70. The molecule has 0 radical (unpaired) electrons. The van der Waals surface area contributed by atoms with Crippen LogP contribution in [0.15, 0.2) is 44.1 Å². The number of amides is 1. The van der Waals surface area contributed by atoms with Gasteiger partial charge < -0.3 is 13.9 Å². The van der Waals surface area contributed by atoms with E-state index >= 15 is 0 Å². The number of likely N-dealkylation sites (N-methyl/N-ethyl adjacent to an activating group) is 1. The van der Waals surface area contributed by atoms with Gasteiger partial charge in [-0.2, -0.15) is 0 Å². The van der Waals surface area contributed by atoms with Crippen LogP contribution in [0.2, 0.25) is 0 Å². The van der Waals surface area contributed by atoms with Crippen molar-refractivity contribution in [2.75, 3.05) is 7.05 Å². The smallest absolute Gasteiger partial charge is 0.251 e. The number of halogens is 1. The largest absolute Gasteiger partial charge is 0.464 e. The monoisotopic (exact) mass is 378 g/mol. The maximum atomic E-state index is 12.3. The van der Waals surface area contributed by atoms with Crippen LogP contribution < -0.4 is 5.56 Å². The second-order valence-electron chi connectivity index (χ2n) is 6.19. The molecule has 0 N–H and O–H groups in total. The molecule has 1 aliphatic rings. The number of nitrogens with zero attached hydrogens (tertiary/aromatic N) is 2. The molecule has 6 heteroatoms. The summed E-state index contributed by atoms with van der Waals surface area (Å²) in [6.07, 6.45) is 2.79. The number of hydrogen-bond acceptors (Lipinski definition) is 3. The second-order valence-corrected chi connectivity index (χ2v) is 7.10. The van der Waals surface area contributed by atoms with Crippen LogP contribution in [0.4, 0.5) is 0 Å². The van der Waals surface area contributed by atoms with Gasteiger partial charge in [-0.3, -0.25) is 9.59 Å². The molecule has 0 unspecified atom stereocenters. The Morgan fingerprint density at radius 3 is 2.83 bits per heavy atom. The molecule has 2 aromatic heterocycles. The van der Waals surface area contributed by atoms with Crippen LogP contribution in [0.25, 0.3) is 0 Å². The number of pyridine rings is 1. The molecule has 0 spiro atoms. The van der Waals surface area contributed by atoms with Gasteiger partial charge in [-0.25, -0.2) is 0 Å². The Bertz CT molecular complexity index is 780. The molecule has 2 aromatic rings. The fourth-order valence-corrected chi connectivity index (χ4v) is 2.99. The molecule has 2 heterocycles. The molecule has 0 aliphatic heterocycles. The molecule has 1 saturated carbocycles. The van der Waals surface area contributed by atoms with Crippen molar-refractivity contribution in [2.45, 2.75) is 32.4 Å². The summed E-state index contributed by atoms with van der Waals surface area (Å²) in [4.78, 5) is 25.6. The van der Waals surface area contributed by atoms with Crippen molar-refractivity contribution < 1.29 is 9.21 Å². The van der Waals surface area contributed by atoms with E-state index in [4.69, 9.17) is 4.42 Å². The highest BCUT2D eigenvalue weighted by atomic mass is 79.9. The van der Waals surface area contributed by atoms with Crippen LogP contribution in [-0.4, -0.2) is 22.4 Å². The van der Waals surface area contributed by atoms with Crippen molar-refractivity contribution in [3.05, 3.63) is 56.8 Å². The van der Waals surface area contributed by atoms with E-state index in [2.05, 4.69) is 22.9 Å². The zero-order valence-electron chi connectivity index (χ0n) is 13.2. The fourth-order valence-electron chi connectivity index (χ4n) is 2.61. The van der Waals surface area contributed by atoms with E-state index in [-0.39, 0.29) is 18.0 Å². The standard InChI is InChI=1S/C17H19BrN2O3/c1-11-7-14(11)15-5-4-13(23-15)9-19(2)17(22)10-20-8-12(18)3-6-16(20)21/h3-6,8,11,14H,7,9-10H2,1-2H3/t11-,14+/m1/s1. The highest BCUT2D eigenvalue weighted by Gasteiger charge is 2.36. The van der Waals surface area contributed by atoms with E-state index in [0.717, 1.165) is 16.0 Å². The molecule has 122 valence electrons.